The molecule has 0 bridgehead atoms. The van der Waals surface area contributed by atoms with Gasteiger partial charge in [0.1, 0.15) is 6.54 Å². The second kappa shape index (κ2) is 9.82. The second-order valence-corrected chi connectivity index (χ2v) is 6.85. The van der Waals surface area contributed by atoms with Gasteiger partial charge in [-0.25, -0.2) is 0 Å². The van der Waals surface area contributed by atoms with Crippen molar-refractivity contribution in [3.63, 3.8) is 0 Å². The highest BCUT2D eigenvalue weighted by Crippen LogP contribution is 2.26. The van der Waals surface area contributed by atoms with Gasteiger partial charge in [0.25, 0.3) is 11.6 Å². The SMILES string of the molecule is Cc1c(Cl)c([N+](=O)[O-])nn1Cc1noc(C(=O)NCCNC(=O)c2cccc([N+](=O)[O-])c2)n1. The predicted octanol–water partition coefficient (Wildman–Crippen LogP) is 1.25. The Labute approximate surface area is 189 Å². The van der Waals surface area contributed by atoms with E-state index in [0.29, 0.717) is 5.69 Å². The standard InChI is InChI=1S/C17H15ClN8O7/c1-9-13(18)14(26(31)32)22-24(9)8-12-21-17(33-23-12)16(28)20-6-5-19-15(27)10-3-2-4-11(7-10)25(29)30/h2-4,7H,5-6,8H2,1H3,(H,19,27)(H,20,28). The van der Waals surface area contributed by atoms with Gasteiger partial charge >= 0.3 is 17.6 Å². The molecule has 2 aromatic heterocycles. The average Bonchev–Trinajstić information content (AvgIpc) is 3.37. The number of hydrogen-bond acceptors (Lipinski definition) is 10. The lowest BCUT2D eigenvalue weighted by Gasteiger charge is -2.05. The van der Waals surface area contributed by atoms with Gasteiger partial charge in [-0.2, -0.15) is 9.67 Å². The molecule has 0 unspecified atom stereocenters. The van der Waals surface area contributed by atoms with Crippen LogP contribution < -0.4 is 10.6 Å². The maximum absolute atomic E-state index is 12.1. The van der Waals surface area contributed by atoms with Gasteiger partial charge in [0.05, 0.1) is 15.7 Å². The van der Waals surface area contributed by atoms with Crippen LogP contribution in [0, 0.1) is 27.2 Å². The summed E-state index contributed by atoms with van der Waals surface area (Å²) in [6.45, 7) is 1.45. The smallest absolute Gasteiger partial charge is 0.358 e. The van der Waals surface area contributed by atoms with Gasteiger partial charge in [-0.3, -0.25) is 19.7 Å². The van der Waals surface area contributed by atoms with Crippen LogP contribution in [0.15, 0.2) is 28.8 Å². The summed E-state index contributed by atoms with van der Waals surface area (Å²) in [6.07, 6.45) is 0. The molecule has 3 rings (SSSR count). The highest BCUT2D eigenvalue weighted by atomic mass is 35.5. The largest absolute Gasteiger partial charge is 0.408 e. The van der Waals surface area contributed by atoms with Crippen LogP contribution in [-0.4, -0.2) is 54.7 Å². The Morgan fingerprint density at radius 2 is 1.85 bits per heavy atom. The minimum atomic E-state index is -0.723. The molecule has 0 spiro atoms. The fourth-order valence-electron chi connectivity index (χ4n) is 2.61. The number of non-ortho nitro benzene ring substituents is 1. The first-order valence-electron chi connectivity index (χ1n) is 9.18. The van der Waals surface area contributed by atoms with Crippen LogP contribution in [0.3, 0.4) is 0 Å². The summed E-state index contributed by atoms with van der Waals surface area (Å²) in [5.74, 6) is -2.09. The zero-order valence-electron chi connectivity index (χ0n) is 16.8. The molecular weight excluding hydrogens is 464 g/mol. The molecule has 0 saturated heterocycles. The minimum absolute atomic E-state index is 0.0112. The molecule has 172 valence electrons. The molecule has 0 fully saturated rings. The van der Waals surface area contributed by atoms with Crippen molar-refractivity contribution < 1.29 is 24.0 Å². The Kier molecular flexibility index (Phi) is 6.92. The first-order valence-corrected chi connectivity index (χ1v) is 9.56. The summed E-state index contributed by atoms with van der Waals surface area (Å²) in [5, 5.41) is 33.9. The number of carbonyl (C=O) groups excluding carboxylic acids is 2. The Morgan fingerprint density at radius 3 is 2.48 bits per heavy atom. The van der Waals surface area contributed by atoms with E-state index in [1.165, 1.54) is 29.8 Å². The van der Waals surface area contributed by atoms with Crippen LogP contribution in [0.4, 0.5) is 11.5 Å². The van der Waals surface area contributed by atoms with E-state index in [-0.39, 0.29) is 47.6 Å². The first kappa shape index (κ1) is 23.3. The number of nitrogens with one attached hydrogen (secondary N) is 2. The number of nitrogens with zero attached hydrogens (tertiary/aromatic N) is 6. The van der Waals surface area contributed by atoms with Crippen LogP contribution >= 0.6 is 11.6 Å². The van der Waals surface area contributed by atoms with Gasteiger partial charge < -0.3 is 25.3 Å². The van der Waals surface area contributed by atoms with Crippen molar-refractivity contribution >= 4 is 34.9 Å². The third-order valence-corrected chi connectivity index (χ3v) is 4.70. The molecule has 3 aromatic rings. The van der Waals surface area contributed by atoms with Crippen molar-refractivity contribution in [2.75, 3.05) is 13.1 Å². The fraction of sp³-hybridized carbons (Fsp3) is 0.235. The highest BCUT2D eigenvalue weighted by molar-refractivity contribution is 6.33. The number of carbonyl (C=O) groups is 2. The third-order valence-electron chi connectivity index (χ3n) is 4.26. The molecule has 16 heteroatoms. The molecule has 33 heavy (non-hydrogen) atoms. The number of hydrogen-bond donors (Lipinski definition) is 2. The lowest BCUT2D eigenvalue weighted by molar-refractivity contribution is -0.389. The van der Waals surface area contributed by atoms with E-state index in [2.05, 4.69) is 25.9 Å². The van der Waals surface area contributed by atoms with Gasteiger partial charge in [-0.05, 0) is 17.9 Å². The van der Waals surface area contributed by atoms with Crippen molar-refractivity contribution in [3.8, 4) is 0 Å². The van der Waals surface area contributed by atoms with Gasteiger partial charge in [-0.1, -0.05) is 22.8 Å². The average molecular weight is 479 g/mol. The number of benzene rings is 1. The number of amides is 2. The molecule has 0 radical (unpaired) electrons. The lowest BCUT2D eigenvalue weighted by Crippen LogP contribution is -2.34. The number of aromatic nitrogens is 4. The summed E-state index contributed by atoms with van der Waals surface area (Å²) >= 11 is 5.87. The van der Waals surface area contributed by atoms with Crippen molar-refractivity contribution in [1.82, 2.24) is 30.6 Å². The summed E-state index contributed by atoms with van der Waals surface area (Å²) in [6, 6.07) is 5.21. The minimum Gasteiger partial charge on any atom is -0.358 e. The highest BCUT2D eigenvalue weighted by Gasteiger charge is 2.25. The number of rotatable bonds is 9. The third kappa shape index (κ3) is 5.45. The lowest BCUT2D eigenvalue weighted by atomic mass is 10.2. The Bertz CT molecular complexity index is 1240. The Hall–Kier alpha value is -4.40. The number of nitro benzene ring substituents is 1. The van der Waals surface area contributed by atoms with Crippen LogP contribution in [0.25, 0.3) is 0 Å². The Balaban J connectivity index is 1.51. The van der Waals surface area contributed by atoms with E-state index < -0.39 is 27.5 Å². The molecule has 2 heterocycles. The molecule has 0 aliphatic heterocycles. The summed E-state index contributed by atoms with van der Waals surface area (Å²) in [5.41, 5.74) is 0.204. The van der Waals surface area contributed by atoms with Crippen LogP contribution in [-0.2, 0) is 6.54 Å². The molecule has 0 aliphatic carbocycles. The van der Waals surface area contributed by atoms with Crippen molar-refractivity contribution in [1.29, 1.82) is 0 Å². The van der Waals surface area contributed by atoms with Crippen LogP contribution in [0.2, 0.25) is 5.02 Å². The molecule has 0 aliphatic rings. The summed E-state index contributed by atoms with van der Waals surface area (Å²) in [7, 11) is 0. The second-order valence-electron chi connectivity index (χ2n) is 6.47. The quantitative estimate of drug-likeness (QED) is 0.256. The maximum Gasteiger partial charge on any atom is 0.408 e. The van der Waals surface area contributed by atoms with Crippen molar-refractivity contribution in [2.45, 2.75) is 13.5 Å². The Morgan fingerprint density at radius 1 is 1.15 bits per heavy atom. The first-order chi connectivity index (χ1) is 15.7. The number of halogens is 1. The molecular formula is C17H15ClN8O7. The van der Waals surface area contributed by atoms with E-state index in [9.17, 15) is 29.8 Å². The van der Waals surface area contributed by atoms with Crippen LogP contribution in [0.5, 0.6) is 0 Å². The van der Waals surface area contributed by atoms with E-state index in [1.54, 1.807) is 0 Å². The van der Waals surface area contributed by atoms with E-state index in [4.69, 9.17) is 16.1 Å². The summed E-state index contributed by atoms with van der Waals surface area (Å²) in [4.78, 5) is 48.4. The van der Waals surface area contributed by atoms with Gasteiger partial charge in [-0.15, -0.1) is 0 Å². The van der Waals surface area contributed by atoms with Gasteiger partial charge in [0.2, 0.25) is 0 Å². The molecule has 2 N–H and O–H groups in total. The fourth-order valence-corrected chi connectivity index (χ4v) is 2.82. The molecule has 15 nitrogen and oxygen atoms in total. The van der Waals surface area contributed by atoms with E-state index >= 15 is 0 Å². The topological polar surface area (TPSA) is 201 Å². The molecule has 0 atom stereocenters. The molecule has 2 amide bonds. The van der Waals surface area contributed by atoms with Gasteiger partial charge in [0, 0.05) is 30.8 Å². The summed E-state index contributed by atoms with van der Waals surface area (Å²) < 4.78 is 6.08. The van der Waals surface area contributed by atoms with Crippen molar-refractivity contribution in [2.24, 2.45) is 0 Å². The normalized spacial score (nSPS) is 10.6. The molecule has 1 aromatic carbocycles. The van der Waals surface area contributed by atoms with Gasteiger partial charge in [0.15, 0.2) is 10.8 Å². The van der Waals surface area contributed by atoms with E-state index in [0.717, 1.165) is 6.07 Å². The molecule has 0 saturated carbocycles. The maximum atomic E-state index is 12.1. The predicted molar refractivity (Wildman–Crippen MR) is 110 cm³/mol. The monoisotopic (exact) mass is 478 g/mol. The van der Waals surface area contributed by atoms with E-state index in [1.807, 2.05) is 0 Å². The number of nitro groups is 2. The van der Waals surface area contributed by atoms with Crippen LogP contribution in [0.1, 0.15) is 32.6 Å². The zero-order chi connectivity index (χ0) is 24.1. The van der Waals surface area contributed by atoms with Crippen molar-refractivity contribution in [3.05, 3.63) is 72.5 Å². The zero-order valence-corrected chi connectivity index (χ0v) is 17.6.